The van der Waals surface area contributed by atoms with Crippen LogP contribution in [0, 0.1) is 10.1 Å². The molecule has 8 heteroatoms. The summed E-state index contributed by atoms with van der Waals surface area (Å²) >= 11 is 0. The van der Waals surface area contributed by atoms with Crippen LogP contribution in [0.2, 0.25) is 0 Å². The molecule has 0 aliphatic carbocycles. The number of nitrogens with one attached hydrogen (secondary N) is 2. The summed E-state index contributed by atoms with van der Waals surface area (Å²) in [7, 11) is 1.58. The number of anilines is 1. The quantitative estimate of drug-likeness (QED) is 0.529. The zero-order valence-electron chi connectivity index (χ0n) is 13.5. The molecule has 1 heterocycles. The van der Waals surface area contributed by atoms with Crippen LogP contribution in [0.4, 0.5) is 11.4 Å². The largest absolute Gasteiger partial charge is 0.497 e. The van der Waals surface area contributed by atoms with E-state index < -0.39 is 4.92 Å². The number of non-ortho nitro benzene ring substituents is 1. The molecule has 128 valence electrons. The van der Waals surface area contributed by atoms with Crippen molar-refractivity contribution in [2.45, 2.75) is 12.8 Å². The number of benzene rings is 2. The van der Waals surface area contributed by atoms with E-state index in [1.165, 1.54) is 12.1 Å². The second-order valence-corrected chi connectivity index (χ2v) is 5.42. The van der Waals surface area contributed by atoms with Crippen LogP contribution in [0.5, 0.6) is 5.75 Å². The molecule has 0 atom stereocenters. The van der Waals surface area contributed by atoms with Crippen LogP contribution < -0.4 is 10.1 Å². The van der Waals surface area contributed by atoms with Gasteiger partial charge in [0.1, 0.15) is 11.6 Å². The fourth-order valence-corrected chi connectivity index (χ4v) is 2.41. The molecule has 0 saturated carbocycles. The van der Waals surface area contributed by atoms with Gasteiger partial charge >= 0.3 is 0 Å². The Bertz CT molecular complexity index is 918. The van der Waals surface area contributed by atoms with Gasteiger partial charge in [0.05, 0.1) is 23.1 Å². The molecule has 0 saturated heterocycles. The summed E-state index contributed by atoms with van der Waals surface area (Å²) in [6, 6.07) is 11.5. The minimum Gasteiger partial charge on any atom is -0.497 e. The van der Waals surface area contributed by atoms with E-state index in [1.807, 2.05) is 0 Å². The second-order valence-electron chi connectivity index (χ2n) is 5.42. The van der Waals surface area contributed by atoms with E-state index in [4.69, 9.17) is 4.74 Å². The summed E-state index contributed by atoms with van der Waals surface area (Å²) in [5, 5.41) is 13.6. The predicted octanol–water partition coefficient (Wildman–Crippen LogP) is 3.05. The monoisotopic (exact) mass is 340 g/mol. The summed E-state index contributed by atoms with van der Waals surface area (Å²) in [6.07, 6.45) is 0.651. The van der Waals surface area contributed by atoms with Crippen LogP contribution in [0.25, 0.3) is 11.0 Å². The minimum atomic E-state index is -0.456. The number of carbonyl (C=O) groups excluding carboxylic acids is 1. The Morgan fingerprint density at radius 2 is 2.04 bits per heavy atom. The van der Waals surface area contributed by atoms with E-state index in [-0.39, 0.29) is 18.0 Å². The number of aryl methyl sites for hydroxylation is 1. The van der Waals surface area contributed by atoms with Gasteiger partial charge in [-0.15, -0.1) is 0 Å². The Morgan fingerprint density at radius 3 is 2.72 bits per heavy atom. The van der Waals surface area contributed by atoms with Crippen LogP contribution in [0.15, 0.2) is 42.5 Å². The fraction of sp³-hybridized carbons (Fsp3) is 0.176. The maximum absolute atomic E-state index is 12.0. The number of aromatic amines is 1. The maximum Gasteiger partial charge on any atom is 0.271 e. The van der Waals surface area contributed by atoms with Crippen molar-refractivity contribution in [1.82, 2.24) is 9.97 Å². The van der Waals surface area contributed by atoms with Gasteiger partial charge in [-0.25, -0.2) is 4.98 Å². The van der Waals surface area contributed by atoms with Crippen LogP contribution in [-0.4, -0.2) is 27.9 Å². The number of rotatable bonds is 6. The molecule has 2 aromatic carbocycles. The first-order valence-electron chi connectivity index (χ1n) is 7.62. The number of aromatic nitrogens is 2. The first-order chi connectivity index (χ1) is 12.0. The number of nitro benzene ring substituents is 1. The van der Waals surface area contributed by atoms with Gasteiger partial charge in [0.25, 0.3) is 5.69 Å². The summed E-state index contributed by atoms with van der Waals surface area (Å²) in [5.74, 6) is 1.19. The van der Waals surface area contributed by atoms with Crippen molar-refractivity contribution in [3.05, 3.63) is 58.4 Å². The average Bonchev–Trinajstić information content (AvgIpc) is 3.02. The van der Waals surface area contributed by atoms with E-state index in [0.29, 0.717) is 29.0 Å². The van der Waals surface area contributed by atoms with Gasteiger partial charge in [-0.3, -0.25) is 14.9 Å². The number of fused-ring (bicyclic) bond motifs is 1. The second kappa shape index (κ2) is 7.00. The van der Waals surface area contributed by atoms with E-state index in [0.717, 1.165) is 5.75 Å². The van der Waals surface area contributed by atoms with Crippen LogP contribution >= 0.6 is 0 Å². The molecular formula is C17H16N4O4. The Morgan fingerprint density at radius 1 is 1.28 bits per heavy atom. The molecule has 2 N–H and O–H groups in total. The molecule has 1 amide bonds. The first-order valence-corrected chi connectivity index (χ1v) is 7.62. The Kier molecular flexibility index (Phi) is 4.60. The third-order valence-electron chi connectivity index (χ3n) is 3.69. The van der Waals surface area contributed by atoms with Crippen molar-refractivity contribution in [2.24, 2.45) is 0 Å². The SMILES string of the molecule is COc1ccc(NC(=O)CCc2nc3ccc([N+](=O)[O-])cc3[nH]2)cc1. The molecule has 3 rings (SSSR count). The third-order valence-corrected chi connectivity index (χ3v) is 3.69. The smallest absolute Gasteiger partial charge is 0.271 e. The number of H-pyrrole nitrogens is 1. The average molecular weight is 340 g/mol. The molecule has 0 spiro atoms. The lowest BCUT2D eigenvalue weighted by atomic mass is 10.2. The Balaban J connectivity index is 1.61. The lowest BCUT2D eigenvalue weighted by Gasteiger charge is -2.05. The van der Waals surface area contributed by atoms with E-state index >= 15 is 0 Å². The highest BCUT2D eigenvalue weighted by Gasteiger charge is 2.11. The predicted molar refractivity (Wildman–Crippen MR) is 92.7 cm³/mol. The molecule has 0 unspecified atom stereocenters. The highest BCUT2D eigenvalue weighted by atomic mass is 16.6. The molecular weight excluding hydrogens is 324 g/mol. The fourth-order valence-electron chi connectivity index (χ4n) is 2.41. The van der Waals surface area contributed by atoms with Gasteiger partial charge in [0, 0.05) is 30.7 Å². The van der Waals surface area contributed by atoms with E-state index in [1.54, 1.807) is 37.4 Å². The lowest BCUT2D eigenvalue weighted by molar-refractivity contribution is -0.384. The molecule has 3 aromatic rings. The van der Waals surface area contributed by atoms with Crippen LogP contribution in [0.3, 0.4) is 0 Å². The molecule has 8 nitrogen and oxygen atoms in total. The minimum absolute atomic E-state index is 0.0000474. The van der Waals surface area contributed by atoms with Gasteiger partial charge < -0.3 is 15.0 Å². The molecule has 1 aromatic heterocycles. The van der Waals surface area contributed by atoms with Crippen LogP contribution in [-0.2, 0) is 11.2 Å². The standard InChI is InChI=1S/C17H16N4O4/c1-25-13-5-2-11(3-6-13)18-17(22)9-8-16-19-14-7-4-12(21(23)24)10-15(14)20-16/h2-7,10H,8-9H2,1H3,(H,18,22)(H,19,20). The number of imidazole rings is 1. The van der Waals surface area contributed by atoms with E-state index in [9.17, 15) is 14.9 Å². The number of hydrogen-bond acceptors (Lipinski definition) is 5. The number of nitrogens with zero attached hydrogens (tertiary/aromatic N) is 2. The summed E-state index contributed by atoms with van der Waals surface area (Å²) < 4.78 is 5.06. The number of methoxy groups -OCH3 is 1. The highest BCUT2D eigenvalue weighted by molar-refractivity contribution is 5.90. The number of hydrogen-bond donors (Lipinski definition) is 2. The number of carbonyl (C=O) groups is 1. The molecule has 0 bridgehead atoms. The molecule has 0 aliphatic heterocycles. The van der Waals surface area contributed by atoms with Gasteiger partial charge in [0.15, 0.2) is 0 Å². The van der Waals surface area contributed by atoms with Crippen molar-refractivity contribution in [1.29, 1.82) is 0 Å². The summed E-state index contributed by atoms with van der Waals surface area (Å²) in [5.41, 5.74) is 1.90. The lowest BCUT2D eigenvalue weighted by Crippen LogP contribution is -2.12. The summed E-state index contributed by atoms with van der Waals surface area (Å²) in [4.78, 5) is 29.7. The van der Waals surface area contributed by atoms with Crippen LogP contribution in [0.1, 0.15) is 12.2 Å². The highest BCUT2D eigenvalue weighted by Crippen LogP contribution is 2.19. The number of nitro groups is 1. The molecule has 0 aliphatic rings. The van der Waals surface area contributed by atoms with Gasteiger partial charge in [-0.05, 0) is 30.3 Å². The molecule has 0 fully saturated rings. The van der Waals surface area contributed by atoms with Crippen molar-refractivity contribution in [2.75, 3.05) is 12.4 Å². The number of ether oxygens (including phenoxy) is 1. The topological polar surface area (TPSA) is 110 Å². The van der Waals surface area contributed by atoms with Crippen molar-refractivity contribution in [3.8, 4) is 5.75 Å². The molecule has 0 radical (unpaired) electrons. The molecule has 25 heavy (non-hydrogen) atoms. The van der Waals surface area contributed by atoms with Gasteiger partial charge in [-0.2, -0.15) is 0 Å². The first kappa shape index (κ1) is 16.4. The van der Waals surface area contributed by atoms with Gasteiger partial charge in [-0.1, -0.05) is 0 Å². The van der Waals surface area contributed by atoms with E-state index in [2.05, 4.69) is 15.3 Å². The zero-order valence-corrected chi connectivity index (χ0v) is 13.5. The maximum atomic E-state index is 12.0. The zero-order chi connectivity index (χ0) is 17.8. The van der Waals surface area contributed by atoms with Crippen molar-refractivity contribution >= 4 is 28.3 Å². The van der Waals surface area contributed by atoms with Crippen molar-refractivity contribution < 1.29 is 14.5 Å². The third kappa shape index (κ3) is 3.92. The number of amides is 1. The Hall–Kier alpha value is -3.42. The van der Waals surface area contributed by atoms with Gasteiger partial charge in [0.2, 0.25) is 5.91 Å². The Labute approximate surface area is 143 Å². The summed E-state index contributed by atoms with van der Waals surface area (Å²) in [6.45, 7) is 0. The van der Waals surface area contributed by atoms with Crippen molar-refractivity contribution in [3.63, 3.8) is 0 Å². The normalized spacial score (nSPS) is 10.6.